The minimum absolute atomic E-state index is 0.535. The van der Waals surface area contributed by atoms with Gasteiger partial charge in [0.05, 0.1) is 6.20 Å². The van der Waals surface area contributed by atoms with E-state index in [-0.39, 0.29) is 0 Å². The van der Waals surface area contributed by atoms with E-state index < -0.39 is 0 Å². The lowest BCUT2D eigenvalue weighted by molar-refractivity contribution is 0.267. The third-order valence-electron chi connectivity index (χ3n) is 3.09. The predicted molar refractivity (Wildman–Crippen MR) is 60.9 cm³/mol. The van der Waals surface area contributed by atoms with Crippen LogP contribution < -0.4 is 10.1 Å². The number of rotatable bonds is 3. The van der Waals surface area contributed by atoms with Crippen molar-refractivity contribution >= 4 is 15.9 Å². The van der Waals surface area contributed by atoms with Crippen molar-refractivity contribution in [2.45, 2.75) is 24.9 Å². The van der Waals surface area contributed by atoms with Crippen molar-refractivity contribution in [3.05, 3.63) is 22.9 Å². The maximum absolute atomic E-state index is 5.68. The van der Waals surface area contributed by atoms with Crippen molar-refractivity contribution in [2.24, 2.45) is 5.92 Å². The Morgan fingerprint density at radius 2 is 2.40 bits per heavy atom. The highest BCUT2D eigenvalue weighted by atomic mass is 79.9. The summed E-state index contributed by atoms with van der Waals surface area (Å²) in [5.74, 6) is 1.77. The Morgan fingerprint density at radius 1 is 1.47 bits per heavy atom. The van der Waals surface area contributed by atoms with Gasteiger partial charge >= 0.3 is 0 Å². The largest absolute Gasteiger partial charge is 0.490 e. The zero-order chi connectivity index (χ0) is 10.3. The molecule has 0 spiro atoms. The average molecular weight is 269 g/mol. The third kappa shape index (κ3) is 2.16. The van der Waals surface area contributed by atoms with Gasteiger partial charge in [0, 0.05) is 22.8 Å². The maximum Gasteiger partial charge on any atom is 0.138 e. The summed E-state index contributed by atoms with van der Waals surface area (Å²) in [7, 11) is 0. The molecule has 2 fully saturated rings. The Labute approximate surface area is 97.4 Å². The van der Waals surface area contributed by atoms with Gasteiger partial charge in [0.15, 0.2) is 0 Å². The number of nitrogens with one attached hydrogen (secondary N) is 1. The molecule has 3 nitrogen and oxygen atoms in total. The molecule has 3 rings (SSSR count). The summed E-state index contributed by atoms with van der Waals surface area (Å²) >= 11 is 3.37. The van der Waals surface area contributed by atoms with Crippen molar-refractivity contribution in [3.8, 4) is 5.75 Å². The van der Waals surface area contributed by atoms with Gasteiger partial charge in [-0.15, -0.1) is 0 Å². The van der Waals surface area contributed by atoms with Crippen molar-refractivity contribution < 1.29 is 4.74 Å². The molecule has 1 saturated carbocycles. The molecule has 3 atom stereocenters. The van der Waals surface area contributed by atoms with Crippen LogP contribution in [-0.4, -0.2) is 23.7 Å². The molecule has 0 bridgehead atoms. The molecular weight excluding hydrogens is 256 g/mol. The number of pyridine rings is 1. The number of piperidine rings is 1. The molecule has 1 aromatic heterocycles. The summed E-state index contributed by atoms with van der Waals surface area (Å²) in [6, 6.07) is 3.27. The van der Waals surface area contributed by atoms with Gasteiger partial charge in [-0.25, -0.2) is 0 Å². The molecule has 0 amide bonds. The molecule has 0 aromatic carbocycles. The first-order chi connectivity index (χ1) is 7.31. The van der Waals surface area contributed by atoms with Crippen molar-refractivity contribution in [3.63, 3.8) is 0 Å². The Balaban J connectivity index is 1.53. The molecule has 4 heteroatoms. The average Bonchev–Trinajstić information content (AvgIpc) is 2.84. The summed E-state index contributed by atoms with van der Waals surface area (Å²) in [5.41, 5.74) is 0. The fourth-order valence-electron chi connectivity index (χ4n) is 2.23. The smallest absolute Gasteiger partial charge is 0.138 e. The number of halogens is 1. The molecule has 15 heavy (non-hydrogen) atoms. The van der Waals surface area contributed by atoms with E-state index in [1.165, 1.54) is 12.8 Å². The molecule has 0 radical (unpaired) electrons. The number of nitrogens with zero attached hydrogens (tertiary/aromatic N) is 1. The van der Waals surface area contributed by atoms with Crippen LogP contribution in [-0.2, 0) is 0 Å². The standard InChI is InChI=1S/C11H13BrN2O/c12-8-3-10(5-13-4-8)15-6-9-1-7-2-11(7)14-9/h3-5,7,9,11,14H,1-2,6H2. The molecule has 1 aliphatic carbocycles. The SMILES string of the molecule is Brc1cncc(OCC2CC3CC3N2)c1. The minimum Gasteiger partial charge on any atom is -0.490 e. The Kier molecular flexibility index (Phi) is 2.41. The van der Waals surface area contributed by atoms with Gasteiger partial charge in [-0.2, -0.15) is 0 Å². The van der Waals surface area contributed by atoms with Crippen LogP contribution in [0.4, 0.5) is 0 Å². The van der Waals surface area contributed by atoms with Gasteiger partial charge in [0.1, 0.15) is 12.4 Å². The third-order valence-corrected chi connectivity index (χ3v) is 3.52. The van der Waals surface area contributed by atoms with Crippen molar-refractivity contribution in [2.75, 3.05) is 6.61 Å². The van der Waals surface area contributed by atoms with Crippen molar-refractivity contribution in [1.82, 2.24) is 10.3 Å². The predicted octanol–water partition coefficient (Wildman–Crippen LogP) is 1.97. The lowest BCUT2D eigenvalue weighted by Crippen LogP contribution is -2.31. The monoisotopic (exact) mass is 268 g/mol. The van der Waals surface area contributed by atoms with Gasteiger partial charge < -0.3 is 10.1 Å². The van der Waals surface area contributed by atoms with Crippen LogP contribution in [0.15, 0.2) is 22.9 Å². The molecular formula is C11H13BrN2O. The molecule has 2 heterocycles. The van der Waals surface area contributed by atoms with E-state index in [0.29, 0.717) is 6.04 Å². The number of hydrogen-bond donors (Lipinski definition) is 1. The number of ether oxygens (including phenoxy) is 1. The summed E-state index contributed by atoms with van der Waals surface area (Å²) in [6.45, 7) is 0.755. The Morgan fingerprint density at radius 3 is 3.13 bits per heavy atom. The van der Waals surface area contributed by atoms with E-state index >= 15 is 0 Å². The highest BCUT2D eigenvalue weighted by Crippen LogP contribution is 2.40. The van der Waals surface area contributed by atoms with E-state index in [9.17, 15) is 0 Å². The first-order valence-corrected chi connectivity index (χ1v) is 6.10. The number of hydrogen-bond acceptors (Lipinski definition) is 3. The second kappa shape index (κ2) is 3.76. The summed E-state index contributed by atoms with van der Waals surface area (Å²) < 4.78 is 6.65. The molecule has 1 aliphatic heterocycles. The van der Waals surface area contributed by atoms with Crippen LogP contribution in [0.5, 0.6) is 5.75 Å². The van der Waals surface area contributed by atoms with E-state index in [2.05, 4.69) is 26.2 Å². The maximum atomic E-state index is 5.68. The quantitative estimate of drug-likeness (QED) is 0.911. The number of aromatic nitrogens is 1. The second-order valence-corrected chi connectivity index (χ2v) is 5.27. The topological polar surface area (TPSA) is 34.1 Å². The van der Waals surface area contributed by atoms with Crippen LogP contribution >= 0.6 is 15.9 Å². The van der Waals surface area contributed by atoms with Crippen LogP contribution in [0.2, 0.25) is 0 Å². The molecule has 1 N–H and O–H groups in total. The summed E-state index contributed by atoms with van der Waals surface area (Å²) in [5, 5.41) is 3.56. The number of fused-ring (bicyclic) bond motifs is 1. The van der Waals surface area contributed by atoms with Crippen LogP contribution in [0.1, 0.15) is 12.8 Å². The second-order valence-electron chi connectivity index (χ2n) is 4.35. The molecule has 2 aliphatic rings. The van der Waals surface area contributed by atoms with E-state index in [4.69, 9.17) is 4.74 Å². The Hall–Kier alpha value is -0.610. The fourth-order valence-corrected chi connectivity index (χ4v) is 2.58. The summed E-state index contributed by atoms with van der Waals surface area (Å²) in [6.07, 6.45) is 6.15. The highest BCUT2D eigenvalue weighted by Gasteiger charge is 2.45. The molecule has 1 saturated heterocycles. The van der Waals surface area contributed by atoms with E-state index in [0.717, 1.165) is 28.8 Å². The van der Waals surface area contributed by atoms with Gasteiger partial charge in [0.25, 0.3) is 0 Å². The van der Waals surface area contributed by atoms with E-state index in [1.807, 2.05) is 6.07 Å². The zero-order valence-electron chi connectivity index (χ0n) is 8.32. The zero-order valence-corrected chi connectivity index (χ0v) is 9.90. The molecule has 1 aromatic rings. The minimum atomic E-state index is 0.535. The van der Waals surface area contributed by atoms with Gasteiger partial charge in [-0.1, -0.05) is 0 Å². The first kappa shape index (κ1) is 9.60. The molecule has 3 unspecified atom stereocenters. The van der Waals surface area contributed by atoms with Crippen LogP contribution in [0.3, 0.4) is 0 Å². The Bertz CT molecular complexity index is 361. The summed E-state index contributed by atoms with van der Waals surface area (Å²) in [4.78, 5) is 4.06. The van der Waals surface area contributed by atoms with Gasteiger partial charge in [-0.3, -0.25) is 4.98 Å². The van der Waals surface area contributed by atoms with Crippen molar-refractivity contribution in [1.29, 1.82) is 0 Å². The lowest BCUT2D eigenvalue weighted by atomic mass is 10.2. The highest BCUT2D eigenvalue weighted by molar-refractivity contribution is 9.10. The van der Waals surface area contributed by atoms with Crippen LogP contribution in [0, 0.1) is 5.92 Å². The van der Waals surface area contributed by atoms with Crippen LogP contribution in [0.25, 0.3) is 0 Å². The fraction of sp³-hybridized carbons (Fsp3) is 0.545. The van der Waals surface area contributed by atoms with Gasteiger partial charge in [0.2, 0.25) is 0 Å². The first-order valence-electron chi connectivity index (χ1n) is 5.30. The lowest BCUT2D eigenvalue weighted by Gasteiger charge is -2.14. The molecule has 80 valence electrons. The van der Waals surface area contributed by atoms with E-state index in [1.54, 1.807) is 12.4 Å². The normalized spacial score (nSPS) is 32.5. The van der Waals surface area contributed by atoms with Gasteiger partial charge in [-0.05, 0) is 40.8 Å².